The Kier molecular flexibility index (Phi) is 4.72. The number of rotatable bonds is 3. The highest BCUT2D eigenvalue weighted by Gasteiger charge is 2.16. The molecule has 0 saturated heterocycles. The molecule has 0 unspecified atom stereocenters. The van der Waals surface area contributed by atoms with Crippen molar-refractivity contribution in [2.75, 3.05) is 7.11 Å². The third kappa shape index (κ3) is 2.83. The van der Waals surface area contributed by atoms with Crippen LogP contribution in [0.3, 0.4) is 0 Å². The zero-order chi connectivity index (χ0) is 14.7. The average molecular weight is 328 g/mol. The lowest BCUT2D eigenvalue weighted by atomic mass is 10.00. The van der Waals surface area contributed by atoms with E-state index in [9.17, 15) is 0 Å². The fraction of sp³-hybridized carbons (Fsp3) is 0.143. The Bertz CT molecular complexity index is 696. The van der Waals surface area contributed by atoms with E-state index < -0.39 is 0 Å². The molecule has 0 amide bonds. The van der Waals surface area contributed by atoms with E-state index in [0.29, 0.717) is 32.1 Å². The van der Waals surface area contributed by atoms with Crippen LogP contribution in [0.25, 0.3) is 11.1 Å². The zero-order valence-corrected chi connectivity index (χ0v) is 12.7. The molecule has 2 aromatic rings. The van der Waals surface area contributed by atoms with Gasteiger partial charge in [0.2, 0.25) is 5.88 Å². The summed E-state index contributed by atoms with van der Waals surface area (Å²) in [5.41, 5.74) is 1.97. The quantitative estimate of drug-likeness (QED) is 0.762. The summed E-state index contributed by atoms with van der Waals surface area (Å²) in [6, 6.07) is 7.06. The van der Waals surface area contributed by atoms with Crippen LogP contribution >= 0.6 is 34.8 Å². The molecule has 0 atom stereocenters. The second-order valence-corrected chi connectivity index (χ2v) is 5.13. The summed E-state index contributed by atoms with van der Waals surface area (Å²) in [7, 11) is 1.51. The third-order valence-corrected chi connectivity index (χ3v) is 3.88. The second kappa shape index (κ2) is 6.32. The first kappa shape index (κ1) is 14.9. The lowest BCUT2D eigenvalue weighted by Crippen LogP contribution is -1.95. The van der Waals surface area contributed by atoms with Crippen LogP contribution in [-0.4, -0.2) is 12.1 Å². The van der Waals surface area contributed by atoms with E-state index in [1.807, 2.05) is 0 Å². The van der Waals surface area contributed by atoms with Crippen molar-refractivity contribution in [3.8, 4) is 23.1 Å². The number of halogens is 3. The molecule has 0 bridgehead atoms. The molecule has 102 valence electrons. The smallest absolute Gasteiger partial charge is 0.213 e. The molecule has 2 rings (SSSR count). The summed E-state index contributed by atoms with van der Waals surface area (Å²) in [5, 5.41) is 10.1. The maximum atomic E-state index is 8.94. The molecule has 20 heavy (non-hydrogen) atoms. The molecule has 0 saturated carbocycles. The molecule has 6 heteroatoms. The Morgan fingerprint density at radius 1 is 1.25 bits per heavy atom. The van der Waals surface area contributed by atoms with Gasteiger partial charge in [-0.3, -0.25) is 0 Å². The van der Waals surface area contributed by atoms with Crippen LogP contribution in [0.1, 0.15) is 5.56 Å². The molecule has 3 nitrogen and oxygen atoms in total. The maximum Gasteiger partial charge on any atom is 0.213 e. The fourth-order valence-corrected chi connectivity index (χ4v) is 2.55. The minimum atomic E-state index is 0.188. The number of methoxy groups -OCH3 is 1. The Labute approximate surface area is 131 Å². The normalized spacial score (nSPS) is 10.2. The van der Waals surface area contributed by atoms with E-state index >= 15 is 0 Å². The summed E-state index contributed by atoms with van der Waals surface area (Å²) in [6.07, 6.45) is 1.77. The van der Waals surface area contributed by atoms with Gasteiger partial charge in [0.15, 0.2) is 0 Å². The molecule has 0 spiro atoms. The first-order chi connectivity index (χ1) is 9.58. The standard InChI is InChI=1S/C14H9Cl3N2O/c1-20-12-6-8(4-5-18)9(7-19-12)13-10(15)2-3-11(16)14(13)17/h2-3,6-7H,4H2,1H3. The number of pyridine rings is 1. The highest BCUT2D eigenvalue weighted by atomic mass is 35.5. The van der Waals surface area contributed by atoms with Crippen LogP contribution in [0.15, 0.2) is 24.4 Å². The molecule has 1 heterocycles. The lowest BCUT2D eigenvalue weighted by Gasteiger charge is -2.12. The third-order valence-electron chi connectivity index (χ3n) is 2.76. The maximum absolute atomic E-state index is 8.94. The van der Waals surface area contributed by atoms with Crippen LogP contribution in [0.4, 0.5) is 0 Å². The van der Waals surface area contributed by atoms with Gasteiger partial charge in [0.05, 0.1) is 34.7 Å². The SMILES string of the molecule is COc1cc(CC#N)c(-c2c(Cl)ccc(Cl)c2Cl)cn1. The van der Waals surface area contributed by atoms with Gasteiger partial charge in [0, 0.05) is 23.4 Å². The number of benzene rings is 1. The van der Waals surface area contributed by atoms with E-state index in [1.165, 1.54) is 7.11 Å². The van der Waals surface area contributed by atoms with E-state index in [0.717, 1.165) is 5.56 Å². The Morgan fingerprint density at radius 3 is 2.60 bits per heavy atom. The van der Waals surface area contributed by atoms with Crippen molar-refractivity contribution in [3.05, 3.63) is 45.0 Å². The van der Waals surface area contributed by atoms with Crippen LogP contribution in [0.2, 0.25) is 15.1 Å². The van der Waals surface area contributed by atoms with Gasteiger partial charge in [-0.2, -0.15) is 5.26 Å². The summed E-state index contributed by atoms with van der Waals surface area (Å²) in [6.45, 7) is 0. The van der Waals surface area contributed by atoms with Crippen molar-refractivity contribution in [1.29, 1.82) is 5.26 Å². The number of ether oxygens (including phenoxy) is 1. The van der Waals surface area contributed by atoms with Crippen molar-refractivity contribution in [1.82, 2.24) is 4.98 Å². The highest BCUT2D eigenvalue weighted by molar-refractivity contribution is 6.46. The molecule has 0 aliphatic rings. The molecule has 1 aromatic heterocycles. The van der Waals surface area contributed by atoms with E-state index in [1.54, 1.807) is 24.4 Å². The van der Waals surface area contributed by atoms with Gasteiger partial charge in [0.1, 0.15) is 0 Å². The minimum Gasteiger partial charge on any atom is -0.481 e. The monoisotopic (exact) mass is 326 g/mol. The minimum absolute atomic E-state index is 0.188. The second-order valence-electron chi connectivity index (χ2n) is 3.94. The summed E-state index contributed by atoms with van der Waals surface area (Å²) < 4.78 is 5.06. The van der Waals surface area contributed by atoms with Crippen molar-refractivity contribution in [2.45, 2.75) is 6.42 Å². The zero-order valence-electron chi connectivity index (χ0n) is 10.5. The average Bonchev–Trinajstić information content (AvgIpc) is 2.45. The van der Waals surface area contributed by atoms with Gasteiger partial charge in [0.25, 0.3) is 0 Å². The van der Waals surface area contributed by atoms with Crippen molar-refractivity contribution in [3.63, 3.8) is 0 Å². The number of aromatic nitrogens is 1. The predicted molar refractivity (Wildman–Crippen MR) is 80.6 cm³/mol. The van der Waals surface area contributed by atoms with Gasteiger partial charge in [-0.05, 0) is 17.7 Å². The number of hydrogen-bond donors (Lipinski definition) is 0. The molecule has 1 aromatic carbocycles. The fourth-order valence-electron chi connectivity index (χ4n) is 1.82. The van der Waals surface area contributed by atoms with Crippen LogP contribution < -0.4 is 4.74 Å². The predicted octanol–water partition coefficient (Wildman–Crippen LogP) is 4.78. The van der Waals surface area contributed by atoms with E-state index in [-0.39, 0.29) is 6.42 Å². The van der Waals surface area contributed by atoms with Crippen LogP contribution in [-0.2, 0) is 6.42 Å². The lowest BCUT2D eigenvalue weighted by molar-refractivity contribution is 0.397. The Morgan fingerprint density at radius 2 is 1.95 bits per heavy atom. The van der Waals surface area contributed by atoms with Gasteiger partial charge in [-0.15, -0.1) is 0 Å². The first-order valence-corrected chi connectivity index (χ1v) is 6.75. The largest absolute Gasteiger partial charge is 0.481 e. The molecule has 0 radical (unpaired) electrons. The topological polar surface area (TPSA) is 45.9 Å². The van der Waals surface area contributed by atoms with Crippen molar-refractivity contribution < 1.29 is 4.74 Å². The van der Waals surface area contributed by atoms with Crippen LogP contribution in [0.5, 0.6) is 5.88 Å². The number of nitrogens with zero attached hydrogens (tertiary/aromatic N) is 2. The number of hydrogen-bond acceptors (Lipinski definition) is 3. The summed E-state index contributed by atoms with van der Waals surface area (Å²) in [4.78, 5) is 4.14. The van der Waals surface area contributed by atoms with E-state index in [4.69, 9.17) is 44.8 Å². The number of nitriles is 1. The summed E-state index contributed by atoms with van der Waals surface area (Å²) >= 11 is 18.4. The van der Waals surface area contributed by atoms with Gasteiger partial charge >= 0.3 is 0 Å². The summed E-state index contributed by atoms with van der Waals surface area (Å²) in [5.74, 6) is 0.424. The Balaban J connectivity index is 2.70. The van der Waals surface area contributed by atoms with Gasteiger partial charge in [-0.25, -0.2) is 4.98 Å². The van der Waals surface area contributed by atoms with Gasteiger partial charge in [-0.1, -0.05) is 34.8 Å². The molecule has 0 N–H and O–H groups in total. The van der Waals surface area contributed by atoms with Crippen molar-refractivity contribution in [2.24, 2.45) is 0 Å². The molecule has 0 aliphatic carbocycles. The van der Waals surface area contributed by atoms with Gasteiger partial charge < -0.3 is 4.74 Å². The van der Waals surface area contributed by atoms with E-state index in [2.05, 4.69) is 11.1 Å². The Hall–Kier alpha value is -1.47. The van der Waals surface area contributed by atoms with Crippen molar-refractivity contribution >= 4 is 34.8 Å². The molecular formula is C14H9Cl3N2O. The van der Waals surface area contributed by atoms with Crippen LogP contribution in [0, 0.1) is 11.3 Å². The highest BCUT2D eigenvalue weighted by Crippen LogP contribution is 2.40. The first-order valence-electron chi connectivity index (χ1n) is 5.62. The molecule has 0 aliphatic heterocycles. The molecular weight excluding hydrogens is 319 g/mol. The molecule has 0 fully saturated rings.